The third kappa shape index (κ3) is 3.24. The molecule has 0 aromatic rings. The predicted molar refractivity (Wildman–Crippen MR) is 98.1 cm³/mol. The zero-order chi connectivity index (χ0) is 20.3. The van der Waals surface area contributed by atoms with Gasteiger partial charge in [0, 0.05) is 13.1 Å². The number of hydroxylamine groups is 4. The highest BCUT2D eigenvalue weighted by molar-refractivity contribution is 5.86. The monoisotopic (exact) mass is 370 g/mol. The molecule has 2 amide bonds. The number of rotatable bonds is 3. The number of nitrogens with one attached hydrogen (secondary N) is 2. The van der Waals surface area contributed by atoms with Crippen molar-refractivity contribution >= 4 is 11.8 Å². The van der Waals surface area contributed by atoms with Crippen molar-refractivity contribution in [2.24, 2.45) is 0 Å². The number of carbonyl (C=O) groups is 2. The van der Waals surface area contributed by atoms with Gasteiger partial charge in [0.25, 0.3) is 11.8 Å². The summed E-state index contributed by atoms with van der Waals surface area (Å²) in [5, 5.41) is 25.0. The van der Waals surface area contributed by atoms with Crippen LogP contribution in [0, 0.1) is 10.4 Å². The van der Waals surface area contributed by atoms with Crippen molar-refractivity contribution in [1.82, 2.24) is 9.80 Å². The van der Waals surface area contributed by atoms with E-state index < -0.39 is 22.2 Å². The predicted octanol–water partition coefficient (Wildman–Crippen LogP) is -1.45. The first-order valence-corrected chi connectivity index (χ1v) is 9.24. The highest BCUT2D eigenvalue weighted by atomic mass is 16.5. The van der Waals surface area contributed by atoms with E-state index >= 15 is 0 Å². The molecular weight excluding hydrogens is 336 g/mol. The van der Waals surface area contributed by atoms with Crippen LogP contribution in [0.25, 0.3) is 0 Å². The molecular formula is C18H34N4O4. The standard InChI is InChI=1S/C18H34N4O4/c1-15(2)11-19(13(23)17(5,6)21(15)25)9-10-20-12-16(3,4)22(26)18(7,8)14(20)24/h21-22H,9-12H2,1-8H3. The van der Waals surface area contributed by atoms with Crippen LogP contribution in [0.4, 0.5) is 0 Å². The van der Waals surface area contributed by atoms with E-state index in [4.69, 9.17) is 0 Å². The molecule has 0 aromatic heterocycles. The molecule has 2 fully saturated rings. The first-order valence-electron chi connectivity index (χ1n) is 9.24. The lowest BCUT2D eigenvalue weighted by Gasteiger charge is -2.56. The van der Waals surface area contributed by atoms with E-state index in [2.05, 4.69) is 0 Å². The Hall–Kier alpha value is -1.22. The minimum absolute atomic E-state index is 0.0480. The van der Waals surface area contributed by atoms with Crippen LogP contribution in [-0.2, 0) is 9.59 Å². The summed E-state index contributed by atoms with van der Waals surface area (Å²) in [6, 6.07) is 0. The number of nitrogens with zero attached hydrogens (tertiary/aromatic N) is 2. The van der Waals surface area contributed by atoms with Gasteiger partial charge in [-0.2, -0.15) is 0 Å². The van der Waals surface area contributed by atoms with Gasteiger partial charge in [-0.15, -0.1) is 0 Å². The van der Waals surface area contributed by atoms with Crippen LogP contribution < -0.4 is 10.1 Å². The van der Waals surface area contributed by atoms with Gasteiger partial charge in [0.15, 0.2) is 11.1 Å². The summed E-state index contributed by atoms with van der Waals surface area (Å²) in [7, 11) is 0. The summed E-state index contributed by atoms with van der Waals surface area (Å²) in [4.78, 5) is 28.9. The lowest BCUT2D eigenvalue weighted by atomic mass is 9.89. The highest BCUT2D eigenvalue weighted by Crippen LogP contribution is 2.20. The molecule has 2 aliphatic heterocycles. The second-order valence-corrected chi connectivity index (χ2v) is 10.1. The van der Waals surface area contributed by atoms with E-state index in [0.717, 1.165) is 0 Å². The summed E-state index contributed by atoms with van der Waals surface area (Å²) < 4.78 is 0. The third-order valence-electron chi connectivity index (χ3n) is 5.82. The highest BCUT2D eigenvalue weighted by Gasteiger charge is 2.52. The fourth-order valence-corrected chi connectivity index (χ4v) is 4.52. The maximum atomic E-state index is 12.8. The molecule has 2 N–H and O–H groups in total. The van der Waals surface area contributed by atoms with Crippen LogP contribution in [0.5, 0.6) is 0 Å². The minimum atomic E-state index is -1.05. The van der Waals surface area contributed by atoms with Gasteiger partial charge in [-0.3, -0.25) is 9.59 Å². The van der Waals surface area contributed by atoms with Gasteiger partial charge in [-0.25, -0.2) is 0 Å². The summed E-state index contributed by atoms with van der Waals surface area (Å²) in [6.45, 7) is 15.5. The molecule has 0 radical (unpaired) electrons. The van der Waals surface area contributed by atoms with Gasteiger partial charge < -0.3 is 30.3 Å². The van der Waals surface area contributed by atoms with Crippen molar-refractivity contribution in [1.29, 1.82) is 0 Å². The number of hydrogen-bond acceptors (Lipinski definition) is 4. The van der Waals surface area contributed by atoms with Crippen LogP contribution in [-0.4, -0.2) is 69.9 Å². The van der Waals surface area contributed by atoms with Crippen LogP contribution >= 0.6 is 0 Å². The van der Waals surface area contributed by atoms with Crippen molar-refractivity contribution in [3.05, 3.63) is 10.4 Å². The van der Waals surface area contributed by atoms with Gasteiger partial charge in [0.1, 0.15) is 11.1 Å². The molecule has 150 valence electrons. The van der Waals surface area contributed by atoms with Crippen molar-refractivity contribution in [2.75, 3.05) is 26.2 Å². The Morgan fingerprint density at radius 2 is 1.00 bits per heavy atom. The average molecular weight is 370 g/mol. The second kappa shape index (κ2) is 6.15. The number of piperazine rings is 2. The van der Waals surface area contributed by atoms with Gasteiger partial charge in [-0.05, 0) is 55.4 Å². The van der Waals surface area contributed by atoms with Crippen molar-refractivity contribution < 1.29 is 19.7 Å². The van der Waals surface area contributed by atoms with E-state index in [0.29, 0.717) is 26.2 Å². The molecule has 2 atom stereocenters. The Morgan fingerprint density at radius 3 is 1.27 bits per heavy atom. The molecule has 8 heteroatoms. The summed E-state index contributed by atoms with van der Waals surface area (Å²) in [6.07, 6.45) is 0. The largest absolute Gasteiger partial charge is 0.633 e. The zero-order valence-electron chi connectivity index (χ0n) is 17.4. The Bertz CT molecular complexity index is 548. The fourth-order valence-electron chi connectivity index (χ4n) is 4.52. The number of carbonyl (C=O) groups excluding carboxylic acids is 2. The van der Waals surface area contributed by atoms with E-state index in [-0.39, 0.29) is 21.9 Å². The van der Waals surface area contributed by atoms with E-state index in [1.54, 1.807) is 37.5 Å². The van der Waals surface area contributed by atoms with Crippen molar-refractivity contribution in [3.8, 4) is 0 Å². The zero-order valence-corrected chi connectivity index (χ0v) is 17.4. The number of quaternary nitrogens is 2. The van der Waals surface area contributed by atoms with Gasteiger partial charge in [0.2, 0.25) is 0 Å². The lowest BCUT2D eigenvalue weighted by Crippen LogP contribution is -3.26. The molecule has 2 aliphatic rings. The van der Waals surface area contributed by atoms with Crippen LogP contribution in [0.1, 0.15) is 55.4 Å². The smallest absolute Gasteiger partial charge is 0.283 e. The molecule has 0 spiro atoms. The lowest BCUT2D eigenvalue weighted by molar-refractivity contribution is -0.942. The van der Waals surface area contributed by atoms with Crippen molar-refractivity contribution in [2.45, 2.75) is 77.5 Å². The quantitative estimate of drug-likeness (QED) is 0.594. The SMILES string of the molecule is CC1(C)CN(CCN2CC(C)(C)[NH+]([O-])C(C)(C)C2=O)C(=O)C(C)(C)[NH+]1[O-]. The second-order valence-electron chi connectivity index (χ2n) is 10.1. The average Bonchev–Trinajstić information content (AvgIpc) is 2.51. The summed E-state index contributed by atoms with van der Waals surface area (Å²) in [5.74, 6) is -0.387. The number of amides is 2. The summed E-state index contributed by atoms with van der Waals surface area (Å²) >= 11 is 0. The van der Waals surface area contributed by atoms with E-state index in [1.165, 1.54) is 0 Å². The molecule has 0 bridgehead atoms. The molecule has 2 saturated heterocycles. The molecule has 2 heterocycles. The first-order chi connectivity index (χ1) is 11.5. The van der Waals surface area contributed by atoms with E-state index in [1.807, 2.05) is 27.7 Å². The van der Waals surface area contributed by atoms with Crippen LogP contribution in [0.3, 0.4) is 0 Å². The van der Waals surface area contributed by atoms with E-state index in [9.17, 15) is 20.0 Å². The maximum Gasteiger partial charge on any atom is 0.283 e. The Balaban J connectivity index is 2.15. The number of hydrogen-bond donors (Lipinski definition) is 2. The van der Waals surface area contributed by atoms with Crippen molar-refractivity contribution in [3.63, 3.8) is 0 Å². The molecule has 8 nitrogen and oxygen atoms in total. The molecule has 2 rings (SSSR count). The molecule has 2 unspecified atom stereocenters. The maximum absolute atomic E-state index is 12.8. The fraction of sp³-hybridized carbons (Fsp3) is 0.889. The normalized spacial score (nSPS) is 32.7. The molecule has 0 aliphatic carbocycles. The Kier molecular flexibility index (Phi) is 4.99. The molecule has 0 saturated carbocycles. The minimum Gasteiger partial charge on any atom is -0.633 e. The third-order valence-corrected chi connectivity index (χ3v) is 5.82. The Morgan fingerprint density at radius 1 is 0.731 bits per heavy atom. The topological polar surface area (TPSA) is 95.6 Å². The summed E-state index contributed by atoms with van der Waals surface area (Å²) in [5.41, 5.74) is -3.33. The van der Waals surface area contributed by atoms with Crippen LogP contribution in [0.15, 0.2) is 0 Å². The first kappa shape index (κ1) is 21.1. The van der Waals surface area contributed by atoms with Gasteiger partial charge in [-0.1, -0.05) is 0 Å². The molecule has 0 aromatic carbocycles. The Labute approximate surface area is 156 Å². The van der Waals surface area contributed by atoms with Gasteiger partial charge in [0.05, 0.1) is 13.1 Å². The molecule has 26 heavy (non-hydrogen) atoms. The van der Waals surface area contributed by atoms with Crippen LogP contribution in [0.2, 0.25) is 0 Å². The van der Waals surface area contributed by atoms with Gasteiger partial charge >= 0.3 is 0 Å².